The zero-order valence-corrected chi connectivity index (χ0v) is 33.2. The zero-order valence-electron chi connectivity index (χ0n) is 32.4. The Hall–Kier alpha value is -4.98. The van der Waals surface area contributed by atoms with Crippen molar-refractivity contribution in [1.82, 2.24) is 24.8 Å². The molecule has 3 heterocycles. The maximum atomic E-state index is 14.8. The second kappa shape index (κ2) is 15.8. The maximum Gasteiger partial charge on any atom is 0.259 e. The Kier molecular flexibility index (Phi) is 10.7. The molecule has 302 valence electrons. The van der Waals surface area contributed by atoms with Crippen LogP contribution in [0.3, 0.4) is 0 Å². The molecule has 0 bridgehead atoms. The van der Waals surface area contributed by atoms with Crippen LogP contribution in [-0.2, 0) is 29.2 Å². The summed E-state index contributed by atoms with van der Waals surface area (Å²) in [6.45, 7) is 5.24. The number of fused-ring (bicyclic) bond motifs is 1. The Morgan fingerprint density at radius 3 is 2.44 bits per heavy atom. The van der Waals surface area contributed by atoms with Crippen molar-refractivity contribution in [3.8, 4) is 22.8 Å². The Morgan fingerprint density at radius 1 is 1.02 bits per heavy atom. The number of carbonyl (C=O) groups is 4. The number of aromatic nitrogens is 1. The molecule has 2 N–H and O–H groups in total. The summed E-state index contributed by atoms with van der Waals surface area (Å²) in [5.41, 5.74) is 0.676. The zero-order chi connectivity index (χ0) is 39.9. The fraction of sp³-hybridized carbons (Fsp3) is 0.512. The number of methoxy groups -OCH3 is 1. The Bertz CT molecular complexity index is 2170. The van der Waals surface area contributed by atoms with Crippen molar-refractivity contribution < 1.29 is 37.1 Å². The van der Waals surface area contributed by atoms with E-state index in [1.807, 2.05) is 59.5 Å². The minimum atomic E-state index is -3.89. The number of sulfonamides is 1. The Balaban J connectivity index is 1.10. The summed E-state index contributed by atoms with van der Waals surface area (Å²) < 4.78 is 40.1. The molecule has 2 aliphatic heterocycles. The van der Waals surface area contributed by atoms with E-state index in [9.17, 15) is 27.6 Å². The number of hydrogen-bond acceptors (Lipinski definition) is 9. The first-order valence-corrected chi connectivity index (χ1v) is 21.8. The molecule has 8 rings (SSSR count). The van der Waals surface area contributed by atoms with E-state index in [4.69, 9.17) is 14.5 Å². The average molecular weight is 798 g/mol. The molecule has 0 radical (unpaired) electrons. The molecule has 57 heavy (non-hydrogen) atoms. The molecule has 2 aromatic carbocycles. The second-order valence-corrected chi connectivity index (χ2v) is 18.4. The summed E-state index contributed by atoms with van der Waals surface area (Å²) in [6, 6.07) is 16.0. The van der Waals surface area contributed by atoms with Gasteiger partial charge in [-0.2, -0.15) is 0 Å². The van der Waals surface area contributed by atoms with E-state index in [0.717, 1.165) is 43.1 Å². The predicted molar refractivity (Wildman–Crippen MR) is 213 cm³/mol. The van der Waals surface area contributed by atoms with E-state index in [-0.39, 0.29) is 37.6 Å². The van der Waals surface area contributed by atoms with E-state index in [0.29, 0.717) is 61.0 Å². The standard InChI is InChI=1S/C43H51N5O8S/c1-3-30-25-43(30,42(52)46-57(53,54)33-15-16-33)45-40(50)37-23-32(26-48(37)41(51)29(20-27-12-13-27)21-39(49)47-18-8-5-9-19-47)56-38-24-35(28-10-6-4-7-11-28)44-36-22-31(55-2)14-17-34(36)38/h3-4,6-7,10-11,14,17,22,24,27,29-30,32-33,37H,1,5,8-9,12-13,15-16,18-21,23,25-26H2,2H3,(H,45,50)(H,46,52)/t29-,30-,32-,37+,43-/m1/s1. The number of amides is 4. The van der Waals surface area contributed by atoms with E-state index >= 15 is 0 Å². The van der Waals surface area contributed by atoms with Crippen molar-refractivity contribution in [2.45, 2.75) is 93.6 Å². The van der Waals surface area contributed by atoms with Gasteiger partial charge in [-0.05, 0) is 63.0 Å². The van der Waals surface area contributed by atoms with E-state index in [2.05, 4.69) is 16.6 Å². The molecule has 14 heteroatoms. The van der Waals surface area contributed by atoms with Crippen molar-refractivity contribution in [3.63, 3.8) is 0 Å². The molecule has 5 atom stereocenters. The summed E-state index contributed by atoms with van der Waals surface area (Å²) in [4.78, 5) is 64.8. The normalized spacial score (nSPS) is 25.0. The predicted octanol–water partition coefficient (Wildman–Crippen LogP) is 4.75. The van der Waals surface area contributed by atoms with Crippen LogP contribution in [-0.4, -0.2) is 96.5 Å². The van der Waals surface area contributed by atoms with Gasteiger partial charge in [0.25, 0.3) is 5.91 Å². The van der Waals surface area contributed by atoms with Gasteiger partial charge in [0, 0.05) is 60.8 Å². The SMILES string of the molecule is C=C[C@@H]1C[C@]1(NC(=O)[C@@H]1C[C@@H](Oc2cc(-c3ccccc3)nc3cc(OC)ccc23)CN1C(=O)[C@@H](CC(=O)N1CCCCC1)CC1CC1)C(=O)NS(=O)(=O)C1CC1. The van der Waals surface area contributed by atoms with Crippen LogP contribution in [0.15, 0.2) is 67.3 Å². The molecule has 0 spiro atoms. The molecule has 0 unspecified atom stereocenters. The number of nitrogens with zero attached hydrogens (tertiary/aromatic N) is 3. The van der Waals surface area contributed by atoms with Crippen LogP contribution >= 0.6 is 0 Å². The van der Waals surface area contributed by atoms with Crippen LogP contribution < -0.4 is 19.5 Å². The van der Waals surface area contributed by atoms with Gasteiger partial charge < -0.3 is 24.6 Å². The number of piperidine rings is 1. The topological polar surface area (TPSA) is 164 Å². The highest BCUT2D eigenvalue weighted by Crippen LogP contribution is 2.46. The van der Waals surface area contributed by atoms with E-state index in [1.165, 1.54) is 4.90 Å². The number of hydrogen-bond donors (Lipinski definition) is 2. The lowest BCUT2D eigenvalue weighted by Crippen LogP contribution is -2.57. The van der Waals surface area contributed by atoms with Crippen LogP contribution in [0.4, 0.5) is 0 Å². The summed E-state index contributed by atoms with van der Waals surface area (Å²) in [7, 11) is -2.30. The molecule has 5 aliphatic rings. The van der Waals surface area contributed by atoms with Crippen molar-refractivity contribution in [1.29, 1.82) is 0 Å². The second-order valence-electron chi connectivity index (χ2n) is 16.4. The molecule has 3 saturated carbocycles. The minimum Gasteiger partial charge on any atom is -0.497 e. The molecule has 3 aromatic rings. The quantitative estimate of drug-likeness (QED) is 0.207. The molecule has 4 amide bonds. The summed E-state index contributed by atoms with van der Waals surface area (Å²) >= 11 is 0. The van der Waals surface area contributed by atoms with Gasteiger partial charge in [0.05, 0.1) is 30.1 Å². The van der Waals surface area contributed by atoms with Crippen LogP contribution in [0.1, 0.15) is 70.6 Å². The third-order valence-electron chi connectivity index (χ3n) is 12.2. The molecule has 2 saturated heterocycles. The van der Waals surface area contributed by atoms with Crippen molar-refractivity contribution in [2.75, 3.05) is 26.7 Å². The van der Waals surface area contributed by atoms with Gasteiger partial charge in [0.1, 0.15) is 29.2 Å². The smallest absolute Gasteiger partial charge is 0.259 e. The van der Waals surface area contributed by atoms with Gasteiger partial charge in [-0.15, -0.1) is 6.58 Å². The van der Waals surface area contributed by atoms with Gasteiger partial charge in [-0.25, -0.2) is 13.4 Å². The highest BCUT2D eigenvalue weighted by atomic mass is 32.2. The molecular formula is C43H51N5O8S. The number of nitrogens with one attached hydrogen (secondary N) is 2. The lowest BCUT2D eigenvalue weighted by Gasteiger charge is -2.31. The number of likely N-dealkylation sites (tertiary alicyclic amines) is 2. The van der Waals surface area contributed by atoms with Gasteiger partial charge in [0.2, 0.25) is 27.7 Å². The highest BCUT2D eigenvalue weighted by Gasteiger charge is 2.62. The first-order chi connectivity index (χ1) is 27.5. The summed E-state index contributed by atoms with van der Waals surface area (Å²) in [5, 5.41) is 2.98. The number of pyridine rings is 1. The number of rotatable bonds is 15. The Labute approximate surface area is 333 Å². The summed E-state index contributed by atoms with van der Waals surface area (Å²) in [6.07, 6.45) is 7.67. The molecule has 3 aliphatic carbocycles. The van der Waals surface area contributed by atoms with Gasteiger partial charge in [0.15, 0.2) is 0 Å². The third-order valence-corrected chi connectivity index (χ3v) is 14.1. The first kappa shape index (κ1) is 38.9. The van der Waals surface area contributed by atoms with Crippen molar-refractivity contribution >= 4 is 44.6 Å². The highest BCUT2D eigenvalue weighted by molar-refractivity contribution is 7.91. The van der Waals surface area contributed by atoms with Crippen molar-refractivity contribution in [2.24, 2.45) is 17.8 Å². The maximum absolute atomic E-state index is 14.8. The van der Waals surface area contributed by atoms with E-state index < -0.39 is 56.6 Å². The van der Waals surface area contributed by atoms with Gasteiger partial charge >= 0.3 is 0 Å². The van der Waals surface area contributed by atoms with Crippen LogP contribution in [0.2, 0.25) is 0 Å². The minimum absolute atomic E-state index is 0.0480. The average Bonchev–Trinajstić information content (AvgIpc) is 4.13. The van der Waals surface area contributed by atoms with Gasteiger partial charge in [-0.3, -0.25) is 23.9 Å². The number of carbonyl (C=O) groups excluding carboxylic acids is 4. The lowest BCUT2D eigenvalue weighted by molar-refractivity contribution is -0.145. The fourth-order valence-corrected chi connectivity index (χ4v) is 9.84. The molecule has 13 nitrogen and oxygen atoms in total. The lowest BCUT2D eigenvalue weighted by atomic mass is 9.95. The fourth-order valence-electron chi connectivity index (χ4n) is 8.48. The number of ether oxygens (including phenoxy) is 2. The third kappa shape index (κ3) is 8.37. The summed E-state index contributed by atoms with van der Waals surface area (Å²) in [5.74, 6) is -1.36. The monoisotopic (exact) mass is 797 g/mol. The van der Waals surface area contributed by atoms with Crippen LogP contribution in [0.5, 0.6) is 11.5 Å². The van der Waals surface area contributed by atoms with Crippen molar-refractivity contribution in [3.05, 3.63) is 67.3 Å². The number of benzene rings is 2. The van der Waals surface area contributed by atoms with E-state index in [1.54, 1.807) is 13.2 Å². The van der Waals surface area contributed by atoms with Crippen LogP contribution in [0, 0.1) is 17.8 Å². The first-order valence-electron chi connectivity index (χ1n) is 20.3. The molecule has 5 fully saturated rings. The van der Waals surface area contributed by atoms with Crippen LogP contribution in [0.25, 0.3) is 22.2 Å². The molecular weight excluding hydrogens is 747 g/mol. The molecule has 1 aromatic heterocycles. The van der Waals surface area contributed by atoms with Gasteiger partial charge in [-0.1, -0.05) is 49.2 Å². The Morgan fingerprint density at radius 2 is 1.77 bits per heavy atom. The largest absolute Gasteiger partial charge is 0.497 e.